The summed E-state index contributed by atoms with van der Waals surface area (Å²) < 4.78 is 5.08. The van der Waals surface area contributed by atoms with Crippen molar-refractivity contribution < 1.29 is 4.74 Å². The topological polar surface area (TPSA) is 9.23 Å². The van der Waals surface area contributed by atoms with E-state index < -0.39 is 0 Å². The second-order valence-corrected chi connectivity index (χ2v) is 5.81. The van der Waals surface area contributed by atoms with Crippen LogP contribution in [0, 0.1) is 5.92 Å². The molecule has 0 fully saturated rings. The Morgan fingerprint density at radius 3 is 2.41 bits per heavy atom. The fourth-order valence-electron chi connectivity index (χ4n) is 1.77. The number of halogens is 1. The summed E-state index contributed by atoms with van der Waals surface area (Å²) in [5.41, 5.74) is 2.73. The zero-order valence-electron chi connectivity index (χ0n) is 11.1. The van der Waals surface area contributed by atoms with Crippen LogP contribution in [0.5, 0.6) is 0 Å². The first-order valence-electron chi connectivity index (χ1n) is 6.39. The molecule has 0 saturated carbocycles. The van der Waals surface area contributed by atoms with Crippen molar-refractivity contribution in [2.75, 3.05) is 13.7 Å². The van der Waals surface area contributed by atoms with Crippen LogP contribution in [0.4, 0.5) is 0 Å². The lowest BCUT2D eigenvalue weighted by atomic mass is 9.98. The van der Waals surface area contributed by atoms with Crippen molar-refractivity contribution >= 4 is 15.9 Å². The van der Waals surface area contributed by atoms with E-state index in [1.807, 2.05) is 0 Å². The molecule has 0 aliphatic heterocycles. The van der Waals surface area contributed by atoms with Crippen molar-refractivity contribution in [1.82, 2.24) is 0 Å². The van der Waals surface area contributed by atoms with E-state index in [1.165, 1.54) is 24.0 Å². The Morgan fingerprint density at radius 2 is 1.88 bits per heavy atom. The van der Waals surface area contributed by atoms with E-state index in [1.54, 1.807) is 7.11 Å². The van der Waals surface area contributed by atoms with Crippen LogP contribution in [0.1, 0.15) is 42.6 Å². The van der Waals surface area contributed by atoms with Gasteiger partial charge in [0.25, 0.3) is 0 Å². The molecule has 2 atom stereocenters. The van der Waals surface area contributed by atoms with E-state index in [4.69, 9.17) is 4.74 Å². The lowest BCUT2D eigenvalue weighted by molar-refractivity contribution is 0.202. The molecule has 0 aliphatic carbocycles. The van der Waals surface area contributed by atoms with E-state index in [0.717, 1.165) is 18.9 Å². The number of alkyl halides is 1. The first-order chi connectivity index (χ1) is 8.17. The van der Waals surface area contributed by atoms with Crippen molar-refractivity contribution in [2.24, 2.45) is 5.92 Å². The van der Waals surface area contributed by atoms with Gasteiger partial charge in [-0.05, 0) is 29.9 Å². The number of ether oxygens (including phenoxy) is 1. The molecular weight excluding hydrogens is 276 g/mol. The van der Waals surface area contributed by atoms with Gasteiger partial charge in [-0.15, -0.1) is 0 Å². The molecule has 0 aromatic heterocycles. The molecule has 1 aromatic rings. The molecule has 0 aliphatic rings. The summed E-state index contributed by atoms with van der Waals surface area (Å²) in [5, 5.41) is 0. The van der Waals surface area contributed by atoms with Crippen molar-refractivity contribution in [3.63, 3.8) is 0 Å². The third kappa shape index (κ3) is 5.22. The average molecular weight is 299 g/mol. The first-order valence-corrected chi connectivity index (χ1v) is 7.30. The number of benzene rings is 1. The minimum absolute atomic E-state index is 0.480. The molecule has 0 saturated heterocycles. The van der Waals surface area contributed by atoms with Crippen molar-refractivity contribution in [2.45, 2.75) is 37.9 Å². The Labute approximate surface area is 114 Å². The van der Waals surface area contributed by atoms with Gasteiger partial charge in [0.15, 0.2) is 0 Å². The molecule has 0 N–H and O–H groups in total. The van der Waals surface area contributed by atoms with Gasteiger partial charge in [0.05, 0.1) is 6.61 Å². The Hall–Kier alpha value is -0.340. The summed E-state index contributed by atoms with van der Waals surface area (Å²) in [6, 6.07) is 8.87. The van der Waals surface area contributed by atoms with Gasteiger partial charge in [-0.2, -0.15) is 0 Å². The van der Waals surface area contributed by atoms with Gasteiger partial charge in [0.2, 0.25) is 0 Å². The second kappa shape index (κ2) is 7.88. The van der Waals surface area contributed by atoms with Crippen LogP contribution in [0.25, 0.3) is 0 Å². The molecule has 96 valence electrons. The molecule has 0 radical (unpaired) electrons. The normalized spacial score (nSPS) is 14.6. The first kappa shape index (κ1) is 14.7. The molecular formula is C15H23BrO. The third-order valence-corrected chi connectivity index (χ3v) is 4.14. The zero-order valence-corrected chi connectivity index (χ0v) is 12.7. The van der Waals surface area contributed by atoms with Crippen LogP contribution >= 0.6 is 15.9 Å². The van der Waals surface area contributed by atoms with Crippen LogP contribution in [0.3, 0.4) is 0 Å². The molecule has 1 rings (SSSR count). The smallest absolute Gasteiger partial charge is 0.0502 e. The molecule has 2 heteroatoms. The maximum Gasteiger partial charge on any atom is 0.0502 e. The lowest BCUT2D eigenvalue weighted by Crippen LogP contribution is -1.99. The maximum atomic E-state index is 5.08. The number of rotatable bonds is 7. The summed E-state index contributed by atoms with van der Waals surface area (Å²) in [7, 11) is 1.75. The molecule has 1 nitrogen and oxygen atoms in total. The summed E-state index contributed by atoms with van der Waals surface area (Å²) >= 11 is 3.78. The number of methoxy groups -OCH3 is 1. The SMILES string of the molecule is CCC(C)CC(Br)c1ccc(CCOC)cc1. The Bertz CT molecular complexity index is 307. The summed E-state index contributed by atoms with van der Waals surface area (Å²) in [4.78, 5) is 0.480. The van der Waals surface area contributed by atoms with E-state index in [9.17, 15) is 0 Å². The Morgan fingerprint density at radius 1 is 1.24 bits per heavy atom. The van der Waals surface area contributed by atoms with Gasteiger partial charge in [0.1, 0.15) is 0 Å². The summed E-state index contributed by atoms with van der Waals surface area (Å²) in [5.74, 6) is 0.771. The molecule has 0 bridgehead atoms. The van der Waals surface area contributed by atoms with E-state index in [-0.39, 0.29) is 0 Å². The van der Waals surface area contributed by atoms with Crippen molar-refractivity contribution in [1.29, 1.82) is 0 Å². The van der Waals surface area contributed by atoms with Gasteiger partial charge in [-0.1, -0.05) is 60.5 Å². The van der Waals surface area contributed by atoms with Gasteiger partial charge in [0, 0.05) is 11.9 Å². The van der Waals surface area contributed by atoms with Crippen molar-refractivity contribution in [3.8, 4) is 0 Å². The van der Waals surface area contributed by atoms with Crippen LogP contribution in [-0.2, 0) is 11.2 Å². The fraction of sp³-hybridized carbons (Fsp3) is 0.600. The highest BCUT2D eigenvalue weighted by molar-refractivity contribution is 9.09. The van der Waals surface area contributed by atoms with E-state index >= 15 is 0 Å². The monoisotopic (exact) mass is 298 g/mol. The predicted molar refractivity (Wildman–Crippen MR) is 77.8 cm³/mol. The minimum Gasteiger partial charge on any atom is -0.384 e. The Balaban J connectivity index is 2.54. The zero-order chi connectivity index (χ0) is 12.7. The Kier molecular flexibility index (Phi) is 6.83. The standard InChI is InChI=1S/C15H23BrO/c1-4-12(2)11-15(16)14-7-5-13(6-8-14)9-10-17-3/h5-8,12,15H,4,9-11H2,1-3H3. The molecule has 0 spiro atoms. The highest BCUT2D eigenvalue weighted by Gasteiger charge is 2.10. The molecule has 0 heterocycles. The minimum atomic E-state index is 0.480. The van der Waals surface area contributed by atoms with Crippen LogP contribution < -0.4 is 0 Å². The van der Waals surface area contributed by atoms with Crippen molar-refractivity contribution in [3.05, 3.63) is 35.4 Å². The largest absolute Gasteiger partial charge is 0.384 e. The van der Waals surface area contributed by atoms with Crippen LogP contribution in [-0.4, -0.2) is 13.7 Å². The van der Waals surface area contributed by atoms with E-state index in [0.29, 0.717) is 4.83 Å². The molecule has 1 aromatic carbocycles. The maximum absolute atomic E-state index is 5.08. The van der Waals surface area contributed by atoms with Crippen LogP contribution in [0.15, 0.2) is 24.3 Å². The fourth-order valence-corrected chi connectivity index (χ4v) is 2.71. The van der Waals surface area contributed by atoms with E-state index in [2.05, 4.69) is 54.0 Å². The van der Waals surface area contributed by atoms with Gasteiger partial charge < -0.3 is 4.74 Å². The van der Waals surface area contributed by atoms with Gasteiger partial charge in [-0.3, -0.25) is 0 Å². The van der Waals surface area contributed by atoms with Crippen LogP contribution in [0.2, 0.25) is 0 Å². The summed E-state index contributed by atoms with van der Waals surface area (Å²) in [6.45, 7) is 5.35. The molecule has 2 unspecified atom stereocenters. The summed E-state index contributed by atoms with van der Waals surface area (Å²) in [6.07, 6.45) is 3.44. The lowest BCUT2D eigenvalue weighted by Gasteiger charge is -2.15. The highest BCUT2D eigenvalue weighted by atomic mass is 79.9. The average Bonchev–Trinajstić information content (AvgIpc) is 2.36. The van der Waals surface area contributed by atoms with Gasteiger partial charge >= 0.3 is 0 Å². The molecule has 0 amide bonds. The number of hydrogen-bond donors (Lipinski definition) is 0. The highest BCUT2D eigenvalue weighted by Crippen LogP contribution is 2.30. The predicted octanol–water partition coefficient (Wildman–Crippen LogP) is 4.75. The molecule has 17 heavy (non-hydrogen) atoms. The second-order valence-electron chi connectivity index (χ2n) is 4.70. The van der Waals surface area contributed by atoms with Gasteiger partial charge in [-0.25, -0.2) is 0 Å². The quantitative estimate of drug-likeness (QED) is 0.660. The third-order valence-electron chi connectivity index (χ3n) is 3.24. The number of hydrogen-bond acceptors (Lipinski definition) is 1.